The summed E-state index contributed by atoms with van der Waals surface area (Å²) >= 11 is 9.49. The number of ether oxygens (including phenoxy) is 2. The number of hydrogen-bond donors (Lipinski definition) is 1. The largest absolute Gasteiger partial charge is 0.496 e. The highest BCUT2D eigenvalue weighted by Crippen LogP contribution is 2.31. The van der Waals surface area contributed by atoms with E-state index in [9.17, 15) is 18.0 Å². The zero-order valence-electron chi connectivity index (χ0n) is 19.7. The van der Waals surface area contributed by atoms with E-state index in [1.165, 1.54) is 43.5 Å². The Morgan fingerprint density at radius 2 is 1.75 bits per heavy atom. The second kappa shape index (κ2) is 11.8. The molecule has 190 valence electrons. The van der Waals surface area contributed by atoms with Crippen molar-refractivity contribution < 1.29 is 27.5 Å². The van der Waals surface area contributed by atoms with Crippen molar-refractivity contribution in [3.8, 4) is 5.75 Å². The van der Waals surface area contributed by atoms with Gasteiger partial charge in [-0.25, -0.2) is 13.2 Å². The Balaban J connectivity index is 1.90. The molecule has 0 radical (unpaired) electrons. The molecule has 0 spiro atoms. The molecule has 0 aromatic heterocycles. The number of rotatable bonds is 9. The normalized spacial score (nSPS) is 11.0. The fourth-order valence-corrected chi connectivity index (χ4v) is 5.66. The molecule has 0 aliphatic rings. The number of esters is 1. The van der Waals surface area contributed by atoms with Crippen molar-refractivity contribution in [2.45, 2.75) is 18.7 Å². The molecule has 0 unspecified atom stereocenters. The number of anilines is 2. The lowest BCUT2D eigenvalue weighted by Gasteiger charge is -2.24. The minimum absolute atomic E-state index is 0.0228. The van der Waals surface area contributed by atoms with Gasteiger partial charge in [-0.2, -0.15) is 0 Å². The van der Waals surface area contributed by atoms with Gasteiger partial charge < -0.3 is 14.8 Å². The van der Waals surface area contributed by atoms with Crippen LogP contribution in [0.15, 0.2) is 70.0 Å². The van der Waals surface area contributed by atoms with E-state index in [4.69, 9.17) is 21.1 Å². The molecule has 0 heterocycles. The van der Waals surface area contributed by atoms with Crippen molar-refractivity contribution in [2.75, 3.05) is 29.9 Å². The molecule has 11 heteroatoms. The SMILES string of the molecule is CCOC(=O)c1ccc(NC(=O)CN(c2ccc(C)cc2)S(=O)(=O)c2ccc(OC)c(Br)c2)cc1Cl. The molecular formula is C25H24BrClN2O6S. The maximum absolute atomic E-state index is 13.6. The molecule has 1 N–H and O–H groups in total. The lowest BCUT2D eigenvalue weighted by molar-refractivity contribution is -0.114. The Bertz CT molecular complexity index is 1380. The molecule has 0 aliphatic carbocycles. The summed E-state index contributed by atoms with van der Waals surface area (Å²) in [6.07, 6.45) is 0. The highest BCUT2D eigenvalue weighted by molar-refractivity contribution is 9.10. The second-order valence-electron chi connectivity index (χ2n) is 7.61. The number of benzene rings is 3. The number of halogens is 2. The topological polar surface area (TPSA) is 102 Å². The zero-order chi connectivity index (χ0) is 26.5. The van der Waals surface area contributed by atoms with Gasteiger partial charge >= 0.3 is 5.97 Å². The van der Waals surface area contributed by atoms with Gasteiger partial charge in [0.15, 0.2) is 0 Å². The van der Waals surface area contributed by atoms with Gasteiger partial charge in [0.1, 0.15) is 12.3 Å². The van der Waals surface area contributed by atoms with Crippen LogP contribution in [-0.2, 0) is 19.6 Å². The first kappa shape index (κ1) is 27.5. The van der Waals surface area contributed by atoms with E-state index >= 15 is 0 Å². The number of methoxy groups -OCH3 is 1. The first-order valence-corrected chi connectivity index (χ1v) is 13.4. The summed E-state index contributed by atoms with van der Waals surface area (Å²) in [6, 6.07) is 15.4. The third-order valence-corrected chi connectivity index (χ3v) is 7.77. The van der Waals surface area contributed by atoms with E-state index in [1.54, 1.807) is 31.2 Å². The molecule has 0 saturated carbocycles. The van der Waals surface area contributed by atoms with Crippen LogP contribution in [0.2, 0.25) is 5.02 Å². The number of nitrogens with one attached hydrogen (secondary N) is 1. The predicted octanol–water partition coefficient (Wildman–Crippen LogP) is 5.43. The fraction of sp³-hybridized carbons (Fsp3) is 0.200. The lowest BCUT2D eigenvalue weighted by atomic mass is 10.2. The molecule has 3 aromatic carbocycles. The lowest BCUT2D eigenvalue weighted by Crippen LogP contribution is -2.38. The van der Waals surface area contributed by atoms with Crippen LogP contribution in [0.5, 0.6) is 5.75 Å². The van der Waals surface area contributed by atoms with Gasteiger partial charge in [0, 0.05) is 5.69 Å². The molecular weight excluding hydrogens is 572 g/mol. The van der Waals surface area contributed by atoms with Crippen molar-refractivity contribution in [2.24, 2.45) is 0 Å². The smallest absolute Gasteiger partial charge is 0.339 e. The standard InChI is InChI=1S/C25H24BrClN2O6S/c1-4-35-25(31)20-11-7-17(13-22(20)27)28-24(30)15-29(18-8-5-16(2)6-9-18)36(32,33)19-10-12-23(34-3)21(26)14-19/h5-14H,4,15H2,1-3H3,(H,28,30). The molecule has 8 nitrogen and oxygen atoms in total. The third kappa shape index (κ3) is 6.37. The van der Waals surface area contributed by atoms with Crippen LogP contribution in [-0.4, -0.2) is 40.6 Å². The summed E-state index contributed by atoms with van der Waals surface area (Å²) in [5.41, 5.74) is 1.71. The molecule has 0 fully saturated rings. The van der Waals surface area contributed by atoms with Crippen molar-refractivity contribution in [1.82, 2.24) is 0 Å². The summed E-state index contributed by atoms with van der Waals surface area (Å²) < 4.78 is 38.8. The maximum atomic E-state index is 13.6. The molecule has 0 saturated heterocycles. The summed E-state index contributed by atoms with van der Waals surface area (Å²) in [5.74, 6) is -0.717. The fourth-order valence-electron chi connectivity index (χ4n) is 3.26. The summed E-state index contributed by atoms with van der Waals surface area (Å²) in [7, 11) is -2.66. The van der Waals surface area contributed by atoms with Crippen LogP contribution in [0.25, 0.3) is 0 Å². The Morgan fingerprint density at radius 3 is 2.33 bits per heavy atom. The molecule has 1 amide bonds. The average Bonchev–Trinajstić information content (AvgIpc) is 2.83. The van der Waals surface area contributed by atoms with Crippen molar-refractivity contribution in [3.63, 3.8) is 0 Å². The zero-order valence-corrected chi connectivity index (χ0v) is 22.9. The minimum atomic E-state index is -4.13. The van der Waals surface area contributed by atoms with E-state index in [-0.39, 0.29) is 22.1 Å². The van der Waals surface area contributed by atoms with Gasteiger partial charge in [0.2, 0.25) is 5.91 Å². The van der Waals surface area contributed by atoms with Gasteiger partial charge in [-0.15, -0.1) is 0 Å². The number of hydrogen-bond acceptors (Lipinski definition) is 6. The van der Waals surface area contributed by atoms with Crippen LogP contribution in [0.3, 0.4) is 0 Å². The Hall–Kier alpha value is -3.08. The van der Waals surface area contributed by atoms with E-state index in [0.29, 0.717) is 21.6 Å². The highest BCUT2D eigenvalue weighted by atomic mass is 79.9. The van der Waals surface area contributed by atoms with Crippen LogP contribution in [0, 0.1) is 6.92 Å². The van der Waals surface area contributed by atoms with Gasteiger partial charge in [-0.1, -0.05) is 29.3 Å². The molecule has 0 bridgehead atoms. The summed E-state index contributed by atoms with van der Waals surface area (Å²) in [4.78, 5) is 24.9. The molecule has 0 aliphatic heterocycles. The number of aryl methyl sites for hydroxylation is 1. The first-order chi connectivity index (χ1) is 17.1. The predicted molar refractivity (Wildman–Crippen MR) is 142 cm³/mol. The van der Waals surface area contributed by atoms with Crippen molar-refractivity contribution in [1.29, 1.82) is 0 Å². The molecule has 3 aromatic rings. The van der Waals surface area contributed by atoms with Crippen LogP contribution >= 0.6 is 27.5 Å². The Labute approximate surface area is 223 Å². The summed E-state index contributed by atoms with van der Waals surface area (Å²) in [5, 5.41) is 2.73. The number of carbonyl (C=O) groups is 2. The number of amides is 1. The van der Waals surface area contributed by atoms with Gasteiger partial charge in [0.05, 0.1) is 39.4 Å². The second-order valence-corrected chi connectivity index (χ2v) is 10.7. The monoisotopic (exact) mass is 594 g/mol. The Kier molecular flexibility index (Phi) is 8.99. The minimum Gasteiger partial charge on any atom is -0.496 e. The van der Waals surface area contributed by atoms with Crippen molar-refractivity contribution in [3.05, 3.63) is 81.3 Å². The van der Waals surface area contributed by atoms with Crippen LogP contribution in [0.4, 0.5) is 11.4 Å². The molecule has 0 atom stereocenters. The number of carbonyl (C=O) groups excluding carboxylic acids is 2. The number of sulfonamides is 1. The van der Waals surface area contributed by atoms with E-state index in [2.05, 4.69) is 21.2 Å². The third-order valence-electron chi connectivity index (χ3n) is 5.07. The van der Waals surface area contributed by atoms with Crippen molar-refractivity contribution >= 4 is 60.8 Å². The highest BCUT2D eigenvalue weighted by Gasteiger charge is 2.28. The van der Waals surface area contributed by atoms with E-state index in [1.807, 2.05) is 6.92 Å². The van der Waals surface area contributed by atoms with Gasteiger partial charge in [0.25, 0.3) is 10.0 Å². The van der Waals surface area contributed by atoms with E-state index < -0.39 is 28.4 Å². The van der Waals surface area contributed by atoms with E-state index in [0.717, 1.165) is 9.87 Å². The quantitative estimate of drug-likeness (QED) is 0.331. The van der Waals surface area contributed by atoms with Crippen LogP contribution < -0.4 is 14.4 Å². The molecule has 36 heavy (non-hydrogen) atoms. The molecule has 3 rings (SSSR count). The average molecular weight is 596 g/mol. The van der Waals surface area contributed by atoms with Gasteiger partial charge in [-0.3, -0.25) is 9.10 Å². The first-order valence-electron chi connectivity index (χ1n) is 10.8. The summed E-state index contributed by atoms with van der Waals surface area (Å²) in [6.45, 7) is 3.24. The van der Waals surface area contributed by atoms with Crippen LogP contribution in [0.1, 0.15) is 22.8 Å². The number of nitrogens with zero attached hydrogens (tertiary/aromatic N) is 1. The van der Waals surface area contributed by atoms with Gasteiger partial charge in [-0.05, 0) is 78.3 Å². The maximum Gasteiger partial charge on any atom is 0.339 e. The Morgan fingerprint density at radius 1 is 1.06 bits per heavy atom.